The van der Waals surface area contributed by atoms with E-state index in [0.717, 1.165) is 30.6 Å². The molecule has 0 aromatic carbocycles. The van der Waals surface area contributed by atoms with Crippen LogP contribution in [0, 0.1) is 0 Å². The molecule has 0 unspecified atom stereocenters. The number of thiophene rings is 1. The van der Waals surface area contributed by atoms with Gasteiger partial charge in [0.25, 0.3) is 0 Å². The summed E-state index contributed by atoms with van der Waals surface area (Å²) in [4.78, 5) is 1.16. The number of methoxy groups -OCH3 is 1. The van der Waals surface area contributed by atoms with Crippen molar-refractivity contribution in [1.82, 2.24) is 4.31 Å². The number of nitrogens with zero attached hydrogens (tertiary/aromatic N) is 1. The monoisotopic (exact) mass is 301 g/mol. The fourth-order valence-corrected chi connectivity index (χ4v) is 6.17. The highest BCUT2D eigenvalue weighted by atomic mass is 32.2. The van der Waals surface area contributed by atoms with Gasteiger partial charge in [0, 0.05) is 18.5 Å². The predicted octanol–water partition coefficient (Wildman–Crippen LogP) is 2.39. The quantitative estimate of drug-likeness (QED) is 0.839. The van der Waals surface area contributed by atoms with Gasteiger partial charge in [-0.05, 0) is 37.1 Å². The normalized spacial score (nSPS) is 26.7. The van der Waals surface area contributed by atoms with Crippen LogP contribution in [-0.2, 0) is 14.8 Å². The third-order valence-electron chi connectivity index (χ3n) is 4.15. The topological polar surface area (TPSA) is 46.6 Å². The van der Waals surface area contributed by atoms with E-state index in [2.05, 4.69) is 0 Å². The summed E-state index contributed by atoms with van der Waals surface area (Å²) in [6.45, 7) is 0.972. The molecule has 1 saturated heterocycles. The standard InChI is InChI=1S/C13H19NO3S2/c1-17-10-13(6-7-13)19(15,16)14-8-2-4-11(14)12-5-3-9-18-12/h3,5,9,11H,2,4,6-8,10H2,1H3/t11-/m1/s1. The second kappa shape index (κ2) is 4.84. The van der Waals surface area contributed by atoms with Gasteiger partial charge in [-0.2, -0.15) is 4.31 Å². The van der Waals surface area contributed by atoms with Crippen molar-refractivity contribution in [2.24, 2.45) is 0 Å². The van der Waals surface area contributed by atoms with Gasteiger partial charge in [0.1, 0.15) is 4.75 Å². The molecular formula is C13H19NO3S2. The van der Waals surface area contributed by atoms with Crippen LogP contribution in [0.25, 0.3) is 0 Å². The smallest absolute Gasteiger partial charge is 0.222 e. The fourth-order valence-electron chi connectivity index (χ4n) is 2.92. The van der Waals surface area contributed by atoms with E-state index in [0.29, 0.717) is 13.2 Å². The molecule has 0 N–H and O–H groups in total. The summed E-state index contributed by atoms with van der Waals surface area (Å²) in [5, 5.41) is 2.01. The minimum atomic E-state index is -3.25. The van der Waals surface area contributed by atoms with Crippen LogP contribution >= 0.6 is 11.3 Å². The van der Waals surface area contributed by atoms with Crippen molar-refractivity contribution in [3.8, 4) is 0 Å². The highest BCUT2D eigenvalue weighted by Gasteiger charge is 2.58. The highest BCUT2D eigenvalue weighted by molar-refractivity contribution is 7.90. The van der Waals surface area contributed by atoms with Gasteiger partial charge in [-0.15, -0.1) is 11.3 Å². The number of rotatable bonds is 5. The second-order valence-electron chi connectivity index (χ2n) is 5.41. The van der Waals surface area contributed by atoms with E-state index in [9.17, 15) is 8.42 Å². The van der Waals surface area contributed by atoms with Crippen molar-refractivity contribution in [2.45, 2.75) is 36.5 Å². The van der Waals surface area contributed by atoms with Crippen molar-refractivity contribution < 1.29 is 13.2 Å². The van der Waals surface area contributed by atoms with Gasteiger partial charge in [-0.1, -0.05) is 6.07 Å². The van der Waals surface area contributed by atoms with Crippen molar-refractivity contribution in [3.63, 3.8) is 0 Å². The number of ether oxygens (including phenoxy) is 1. The molecule has 106 valence electrons. The van der Waals surface area contributed by atoms with Crippen LogP contribution in [0.15, 0.2) is 17.5 Å². The summed E-state index contributed by atoms with van der Waals surface area (Å²) in [6.07, 6.45) is 3.35. The molecule has 0 spiro atoms. The number of sulfonamides is 1. The van der Waals surface area contributed by atoms with Crippen LogP contribution in [-0.4, -0.2) is 37.7 Å². The van der Waals surface area contributed by atoms with E-state index < -0.39 is 14.8 Å². The Balaban J connectivity index is 1.89. The van der Waals surface area contributed by atoms with E-state index in [4.69, 9.17) is 4.74 Å². The largest absolute Gasteiger partial charge is 0.383 e. The minimum Gasteiger partial charge on any atom is -0.383 e. The Hall–Kier alpha value is -0.430. The summed E-state index contributed by atoms with van der Waals surface area (Å²) in [5.41, 5.74) is 0. The molecule has 0 bridgehead atoms. The molecule has 1 aliphatic heterocycles. The molecule has 1 saturated carbocycles. The van der Waals surface area contributed by atoms with Gasteiger partial charge in [-0.3, -0.25) is 0 Å². The first-order valence-corrected chi connectivity index (χ1v) is 8.96. The maximum Gasteiger partial charge on any atom is 0.222 e. The first-order valence-electron chi connectivity index (χ1n) is 6.64. The van der Waals surface area contributed by atoms with Crippen LogP contribution in [0.2, 0.25) is 0 Å². The van der Waals surface area contributed by atoms with Gasteiger partial charge in [0.2, 0.25) is 10.0 Å². The molecule has 2 aliphatic rings. The minimum absolute atomic E-state index is 0.0410. The van der Waals surface area contributed by atoms with E-state index in [-0.39, 0.29) is 6.04 Å². The van der Waals surface area contributed by atoms with E-state index in [1.54, 1.807) is 22.8 Å². The molecular weight excluding hydrogens is 282 g/mol. The first-order chi connectivity index (χ1) is 9.11. The summed E-state index contributed by atoms with van der Waals surface area (Å²) < 4.78 is 32.0. The van der Waals surface area contributed by atoms with Gasteiger partial charge in [0.15, 0.2) is 0 Å². The molecule has 1 atom stereocenters. The van der Waals surface area contributed by atoms with Crippen molar-refractivity contribution >= 4 is 21.4 Å². The molecule has 4 nitrogen and oxygen atoms in total. The molecule has 2 heterocycles. The zero-order valence-electron chi connectivity index (χ0n) is 11.0. The Kier molecular flexibility index (Phi) is 3.45. The Labute approximate surface area is 118 Å². The van der Waals surface area contributed by atoms with Crippen LogP contribution in [0.3, 0.4) is 0 Å². The summed E-state index contributed by atoms with van der Waals surface area (Å²) >= 11 is 1.65. The van der Waals surface area contributed by atoms with Crippen molar-refractivity contribution in [2.75, 3.05) is 20.3 Å². The molecule has 6 heteroatoms. The third kappa shape index (κ3) is 2.14. The molecule has 1 aromatic rings. The van der Waals surface area contributed by atoms with Crippen molar-refractivity contribution in [3.05, 3.63) is 22.4 Å². The van der Waals surface area contributed by atoms with Crippen LogP contribution in [0.1, 0.15) is 36.6 Å². The Morgan fingerprint density at radius 1 is 1.53 bits per heavy atom. The van der Waals surface area contributed by atoms with Crippen LogP contribution < -0.4 is 0 Å². The maximum atomic E-state index is 12.9. The fraction of sp³-hybridized carbons (Fsp3) is 0.692. The average molecular weight is 301 g/mol. The zero-order chi connectivity index (χ0) is 13.5. The Morgan fingerprint density at radius 3 is 2.89 bits per heavy atom. The molecule has 19 heavy (non-hydrogen) atoms. The molecule has 1 aromatic heterocycles. The molecule has 0 radical (unpaired) electrons. The summed E-state index contributed by atoms with van der Waals surface area (Å²) in [5.74, 6) is 0. The van der Waals surface area contributed by atoms with Gasteiger partial charge < -0.3 is 4.74 Å². The highest BCUT2D eigenvalue weighted by Crippen LogP contribution is 2.49. The van der Waals surface area contributed by atoms with Gasteiger partial charge in [-0.25, -0.2) is 8.42 Å². The second-order valence-corrected chi connectivity index (χ2v) is 8.67. The lowest BCUT2D eigenvalue weighted by Crippen LogP contribution is -2.42. The molecule has 3 rings (SSSR count). The summed E-state index contributed by atoms with van der Waals surface area (Å²) in [7, 11) is -1.67. The lowest BCUT2D eigenvalue weighted by Gasteiger charge is -2.28. The average Bonchev–Trinajstić information content (AvgIpc) is 2.86. The number of hydrogen-bond acceptors (Lipinski definition) is 4. The van der Waals surface area contributed by atoms with Crippen molar-refractivity contribution in [1.29, 1.82) is 0 Å². The van der Waals surface area contributed by atoms with E-state index >= 15 is 0 Å². The van der Waals surface area contributed by atoms with E-state index in [1.165, 1.54) is 0 Å². The third-order valence-corrected chi connectivity index (χ3v) is 7.79. The molecule has 0 amide bonds. The first kappa shape index (κ1) is 13.5. The van der Waals surface area contributed by atoms with E-state index in [1.807, 2.05) is 17.5 Å². The number of hydrogen-bond donors (Lipinski definition) is 0. The van der Waals surface area contributed by atoms with Crippen LogP contribution in [0.5, 0.6) is 0 Å². The Morgan fingerprint density at radius 2 is 2.32 bits per heavy atom. The predicted molar refractivity (Wildman–Crippen MR) is 75.8 cm³/mol. The lowest BCUT2D eigenvalue weighted by molar-refractivity contribution is 0.188. The SMILES string of the molecule is COCC1(S(=O)(=O)N2CCC[C@@H]2c2cccs2)CC1. The summed E-state index contributed by atoms with van der Waals surface area (Å²) in [6, 6.07) is 4.07. The lowest BCUT2D eigenvalue weighted by atomic mass is 10.2. The zero-order valence-corrected chi connectivity index (χ0v) is 12.7. The van der Waals surface area contributed by atoms with Gasteiger partial charge in [0.05, 0.1) is 12.6 Å². The van der Waals surface area contributed by atoms with Gasteiger partial charge >= 0.3 is 0 Å². The maximum absolute atomic E-state index is 12.9. The molecule has 1 aliphatic carbocycles. The Bertz CT molecular complexity index is 534. The van der Waals surface area contributed by atoms with Crippen LogP contribution in [0.4, 0.5) is 0 Å². The molecule has 2 fully saturated rings.